The molecule has 0 unspecified atom stereocenters. The standard InChI is InChI=1S/C22H21N7/c23-8-13-5-6-19-15(7-13)16(12-26-19)17-11-25-9-14-10-27-22(29-21(14)17)28-20-4-2-1-3-18(20)24/h5-7,9-12,18,20,26H,1-4,24H2,(H,27,28,29)/t18-,20+/m0/s1. The van der Waals surface area contributed by atoms with Crippen molar-refractivity contribution in [2.24, 2.45) is 5.73 Å². The fourth-order valence-electron chi connectivity index (χ4n) is 4.14. The van der Waals surface area contributed by atoms with Gasteiger partial charge in [-0.1, -0.05) is 12.8 Å². The molecule has 144 valence electrons. The zero-order valence-corrected chi connectivity index (χ0v) is 15.9. The summed E-state index contributed by atoms with van der Waals surface area (Å²) in [6.07, 6.45) is 11.7. The number of nitrogens with two attached hydrogens (primary N) is 1. The predicted molar refractivity (Wildman–Crippen MR) is 113 cm³/mol. The van der Waals surface area contributed by atoms with Gasteiger partial charge in [0.05, 0.1) is 17.1 Å². The van der Waals surface area contributed by atoms with Gasteiger partial charge in [-0.15, -0.1) is 0 Å². The number of aromatic amines is 1. The number of hydrogen-bond donors (Lipinski definition) is 3. The van der Waals surface area contributed by atoms with E-state index in [9.17, 15) is 5.26 Å². The Morgan fingerprint density at radius 3 is 2.90 bits per heavy atom. The van der Waals surface area contributed by atoms with E-state index in [1.165, 1.54) is 12.8 Å². The van der Waals surface area contributed by atoms with Gasteiger partial charge in [-0.3, -0.25) is 4.98 Å². The minimum atomic E-state index is 0.123. The lowest BCUT2D eigenvalue weighted by Crippen LogP contribution is -2.42. The van der Waals surface area contributed by atoms with Crippen LogP contribution in [-0.2, 0) is 0 Å². The van der Waals surface area contributed by atoms with E-state index in [0.29, 0.717) is 11.5 Å². The van der Waals surface area contributed by atoms with Gasteiger partial charge in [0.2, 0.25) is 5.95 Å². The number of pyridine rings is 1. The van der Waals surface area contributed by atoms with E-state index in [1.54, 1.807) is 12.4 Å². The van der Waals surface area contributed by atoms with Crippen LogP contribution in [0.15, 0.2) is 43.0 Å². The maximum atomic E-state index is 9.27. The molecule has 0 amide bonds. The van der Waals surface area contributed by atoms with E-state index in [2.05, 4.69) is 26.3 Å². The molecular weight excluding hydrogens is 362 g/mol. The Bertz CT molecular complexity index is 1240. The molecule has 1 aliphatic carbocycles. The molecule has 3 aromatic heterocycles. The first-order valence-corrected chi connectivity index (χ1v) is 9.87. The van der Waals surface area contributed by atoms with Crippen molar-refractivity contribution >= 4 is 27.8 Å². The molecule has 0 radical (unpaired) electrons. The number of nitrogens with one attached hydrogen (secondary N) is 2. The number of H-pyrrole nitrogens is 1. The lowest BCUT2D eigenvalue weighted by atomic mass is 9.91. The molecule has 0 bridgehead atoms. The maximum Gasteiger partial charge on any atom is 0.223 e. The lowest BCUT2D eigenvalue weighted by Gasteiger charge is -2.29. The van der Waals surface area contributed by atoms with Crippen LogP contribution in [0.1, 0.15) is 31.2 Å². The van der Waals surface area contributed by atoms with E-state index in [-0.39, 0.29) is 12.1 Å². The van der Waals surface area contributed by atoms with Crippen LogP contribution < -0.4 is 11.1 Å². The molecule has 5 rings (SSSR count). The number of anilines is 1. The zero-order chi connectivity index (χ0) is 19.8. The van der Waals surface area contributed by atoms with Crippen molar-refractivity contribution in [2.45, 2.75) is 37.8 Å². The van der Waals surface area contributed by atoms with Gasteiger partial charge in [-0.05, 0) is 31.0 Å². The monoisotopic (exact) mass is 383 g/mol. The molecule has 7 nitrogen and oxygen atoms in total. The van der Waals surface area contributed by atoms with Crippen molar-refractivity contribution in [1.29, 1.82) is 5.26 Å². The van der Waals surface area contributed by atoms with Crippen molar-refractivity contribution in [3.05, 3.63) is 48.5 Å². The quantitative estimate of drug-likeness (QED) is 0.496. The molecule has 1 saturated carbocycles. The fraction of sp³-hybridized carbons (Fsp3) is 0.273. The molecule has 0 aliphatic heterocycles. The minimum absolute atomic E-state index is 0.123. The molecule has 29 heavy (non-hydrogen) atoms. The third-order valence-corrected chi connectivity index (χ3v) is 5.72. The van der Waals surface area contributed by atoms with Crippen LogP contribution in [0, 0.1) is 11.3 Å². The Kier molecular flexibility index (Phi) is 4.34. The molecule has 4 N–H and O–H groups in total. The smallest absolute Gasteiger partial charge is 0.223 e. The molecule has 0 spiro atoms. The van der Waals surface area contributed by atoms with Crippen LogP contribution in [0.4, 0.5) is 5.95 Å². The summed E-state index contributed by atoms with van der Waals surface area (Å²) in [5, 5.41) is 14.5. The highest BCUT2D eigenvalue weighted by atomic mass is 15.1. The van der Waals surface area contributed by atoms with E-state index < -0.39 is 0 Å². The third kappa shape index (κ3) is 3.18. The van der Waals surface area contributed by atoms with Gasteiger partial charge < -0.3 is 16.0 Å². The normalized spacial score (nSPS) is 19.3. The first-order valence-electron chi connectivity index (χ1n) is 9.87. The first kappa shape index (κ1) is 17.6. The van der Waals surface area contributed by atoms with Crippen LogP contribution in [0.2, 0.25) is 0 Å². The van der Waals surface area contributed by atoms with Crippen LogP contribution in [0.25, 0.3) is 32.9 Å². The van der Waals surface area contributed by atoms with Gasteiger partial charge in [0.15, 0.2) is 0 Å². The average Bonchev–Trinajstić information content (AvgIpc) is 3.18. The Morgan fingerprint density at radius 1 is 1.14 bits per heavy atom. The van der Waals surface area contributed by atoms with Crippen LogP contribution >= 0.6 is 0 Å². The highest BCUT2D eigenvalue weighted by Crippen LogP contribution is 2.33. The molecule has 3 heterocycles. The van der Waals surface area contributed by atoms with Crippen molar-refractivity contribution in [2.75, 3.05) is 5.32 Å². The van der Waals surface area contributed by atoms with Crippen molar-refractivity contribution < 1.29 is 0 Å². The summed E-state index contributed by atoms with van der Waals surface area (Å²) in [5.74, 6) is 0.588. The summed E-state index contributed by atoms with van der Waals surface area (Å²) in [6, 6.07) is 8.14. The van der Waals surface area contributed by atoms with Crippen LogP contribution in [0.3, 0.4) is 0 Å². The number of nitriles is 1. The third-order valence-electron chi connectivity index (χ3n) is 5.72. The minimum Gasteiger partial charge on any atom is -0.361 e. The SMILES string of the molecule is N#Cc1ccc2[nH]cc(-c3cncc4cnc(N[C@@H]5CCCC[C@@H]5N)nc34)c2c1. The number of hydrogen-bond acceptors (Lipinski definition) is 6. The van der Waals surface area contributed by atoms with Crippen molar-refractivity contribution in [1.82, 2.24) is 19.9 Å². The summed E-state index contributed by atoms with van der Waals surface area (Å²) >= 11 is 0. The molecule has 1 fully saturated rings. The highest BCUT2D eigenvalue weighted by molar-refractivity contribution is 6.03. The van der Waals surface area contributed by atoms with E-state index in [1.807, 2.05) is 30.6 Å². The number of rotatable bonds is 3. The summed E-state index contributed by atoms with van der Waals surface area (Å²) in [6.45, 7) is 0. The van der Waals surface area contributed by atoms with Gasteiger partial charge in [0.1, 0.15) is 0 Å². The van der Waals surface area contributed by atoms with E-state index in [4.69, 9.17) is 10.7 Å². The second-order valence-electron chi connectivity index (χ2n) is 7.59. The van der Waals surface area contributed by atoms with Crippen LogP contribution in [0.5, 0.6) is 0 Å². The van der Waals surface area contributed by atoms with Gasteiger partial charge >= 0.3 is 0 Å². The first-order chi connectivity index (χ1) is 14.2. The topological polar surface area (TPSA) is 116 Å². The maximum absolute atomic E-state index is 9.27. The average molecular weight is 383 g/mol. The summed E-state index contributed by atoms with van der Waals surface area (Å²) in [4.78, 5) is 16.9. The van der Waals surface area contributed by atoms with Gasteiger partial charge in [0, 0.05) is 64.3 Å². The van der Waals surface area contributed by atoms with Crippen molar-refractivity contribution in [3.63, 3.8) is 0 Å². The number of fused-ring (bicyclic) bond motifs is 2. The molecule has 4 aromatic rings. The number of benzene rings is 1. The predicted octanol–water partition coefficient (Wildman–Crippen LogP) is 3.73. The molecule has 7 heteroatoms. The second-order valence-corrected chi connectivity index (χ2v) is 7.59. The molecule has 2 atom stereocenters. The summed E-state index contributed by atoms with van der Waals surface area (Å²) in [5.41, 5.74) is 10.6. The largest absolute Gasteiger partial charge is 0.361 e. The molecular formula is C22H21N7. The lowest BCUT2D eigenvalue weighted by molar-refractivity contribution is 0.402. The molecule has 1 aromatic carbocycles. The summed E-state index contributed by atoms with van der Waals surface area (Å²) < 4.78 is 0. The zero-order valence-electron chi connectivity index (χ0n) is 15.9. The molecule has 0 saturated heterocycles. The Morgan fingerprint density at radius 2 is 2.03 bits per heavy atom. The Balaban J connectivity index is 1.60. The summed E-state index contributed by atoms with van der Waals surface area (Å²) in [7, 11) is 0. The fourth-order valence-corrected chi connectivity index (χ4v) is 4.14. The van der Waals surface area contributed by atoms with E-state index >= 15 is 0 Å². The highest BCUT2D eigenvalue weighted by Gasteiger charge is 2.22. The Hall–Kier alpha value is -3.50. The van der Waals surface area contributed by atoms with Crippen LogP contribution in [-0.4, -0.2) is 32.0 Å². The van der Waals surface area contributed by atoms with E-state index in [0.717, 1.165) is 45.8 Å². The second kappa shape index (κ2) is 7.15. The number of nitrogens with zero attached hydrogens (tertiary/aromatic N) is 4. The molecule has 1 aliphatic rings. The van der Waals surface area contributed by atoms with Crippen molar-refractivity contribution in [3.8, 4) is 17.2 Å². The van der Waals surface area contributed by atoms with Gasteiger partial charge in [-0.2, -0.15) is 5.26 Å². The Labute approximate surface area is 168 Å². The number of aromatic nitrogens is 4. The van der Waals surface area contributed by atoms with Gasteiger partial charge in [-0.25, -0.2) is 9.97 Å². The van der Waals surface area contributed by atoms with Gasteiger partial charge in [0.25, 0.3) is 0 Å².